The molecule has 0 aromatic heterocycles. The molecule has 2 aromatic rings. The summed E-state index contributed by atoms with van der Waals surface area (Å²) in [5.74, 6) is -2.09. The van der Waals surface area contributed by atoms with Crippen molar-refractivity contribution in [2.75, 3.05) is 6.61 Å². The highest BCUT2D eigenvalue weighted by atomic mass is 16.5. The third-order valence-electron chi connectivity index (χ3n) is 5.94. The SMILES string of the molecule is CC(C)=CCC(NC(=O)OCC1c2ccccc2-c2ccccc21)C(=O)N[C@H](C(=O)O)C(C)C. The first kappa shape index (κ1) is 25.0. The third-order valence-corrected chi connectivity index (χ3v) is 5.94. The topological polar surface area (TPSA) is 105 Å². The molecule has 0 spiro atoms. The van der Waals surface area contributed by atoms with Gasteiger partial charge in [-0.2, -0.15) is 0 Å². The van der Waals surface area contributed by atoms with Crippen molar-refractivity contribution >= 4 is 18.0 Å². The quantitative estimate of drug-likeness (QED) is 0.475. The van der Waals surface area contributed by atoms with Gasteiger partial charge in [0.15, 0.2) is 0 Å². The molecule has 0 fully saturated rings. The molecule has 180 valence electrons. The Labute approximate surface area is 200 Å². The van der Waals surface area contributed by atoms with E-state index in [4.69, 9.17) is 4.74 Å². The van der Waals surface area contributed by atoms with Crippen molar-refractivity contribution in [3.8, 4) is 11.1 Å². The van der Waals surface area contributed by atoms with Crippen LogP contribution in [0.1, 0.15) is 51.2 Å². The van der Waals surface area contributed by atoms with Crippen LogP contribution in [0.5, 0.6) is 0 Å². The molecule has 2 atom stereocenters. The maximum absolute atomic E-state index is 12.8. The molecule has 0 saturated heterocycles. The molecule has 1 unspecified atom stereocenters. The molecule has 0 heterocycles. The van der Waals surface area contributed by atoms with E-state index in [9.17, 15) is 19.5 Å². The number of amides is 2. The summed E-state index contributed by atoms with van der Waals surface area (Å²) in [6.45, 7) is 7.32. The fourth-order valence-electron chi connectivity index (χ4n) is 4.13. The van der Waals surface area contributed by atoms with Crippen molar-refractivity contribution in [2.45, 2.75) is 52.1 Å². The molecule has 3 rings (SSSR count). The Morgan fingerprint density at radius 3 is 2.03 bits per heavy atom. The van der Waals surface area contributed by atoms with Gasteiger partial charge < -0.3 is 20.5 Å². The normalized spacial score (nSPS) is 13.9. The van der Waals surface area contributed by atoms with E-state index in [1.54, 1.807) is 13.8 Å². The van der Waals surface area contributed by atoms with E-state index in [0.29, 0.717) is 0 Å². The van der Waals surface area contributed by atoms with E-state index in [-0.39, 0.29) is 24.9 Å². The second-order valence-electron chi connectivity index (χ2n) is 9.11. The molecule has 34 heavy (non-hydrogen) atoms. The average Bonchev–Trinajstić information content (AvgIpc) is 3.11. The first-order chi connectivity index (χ1) is 16.2. The Balaban J connectivity index is 1.69. The van der Waals surface area contributed by atoms with Gasteiger partial charge >= 0.3 is 12.1 Å². The second-order valence-corrected chi connectivity index (χ2v) is 9.11. The monoisotopic (exact) mass is 464 g/mol. The molecule has 1 aliphatic rings. The summed E-state index contributed by atoms with van der Waals surface area (Å²) in [5, 5.41) is 14.5. The summed E-state index contributed by atoms with van der Waals surface area (Å²) < 4.78 is 5.56. The zero-order valence-electron chi connectivity index (χ0n) is 20.0. The number of carbonyl (C=O) groups excluding carboxylic acids is 2. The molecule has 2 aromatic carbocycles. The van der Waals surface area contributed by atoms with Gasteiger partial charge in [-0.25, -0.2) is 9.59 Å². The number of alkyl carbamates (subject to hydrolysis) is 1. The minimum Gasteiger partial charge on any atom is -0.480 e. The zero-order valence-corrected chi connectivity index (χ0v) is 20.0. The van der Waals surface area contributed by atoms with E-state index in [1.165, 1.54) is 0 Å². The van der Waals surface area contributed by atoms with Gasteiger partial charge in [-0.1, -0.05) is 74.0 Å². The number of carboxylic acids is 1. The minimum absolute atomic E-state index is 0.0967. The molecule has 1 aliphatic carbocycles. The van der Waals surface area contributed by atoms with Crippen LogP contribution in [0.2, 0.25) is 0 Å². The molecule has 3 N–H and O–H groups in total. The van der Waals surface area contributed by atoms with Crippen LogP contribution in [-0.4, -0.2) is 41.8 Å². The molecule has 7 nitrogen and oxygen atoms in total. The molecular formula is C27H32N2O5. The van der Waals surface area contributed by atoms with Crippen LogP contribution in [0.15, 0.2) is 60.2 Å². The Hall–Kier alpha value is -3.61. The summed E-state index contributed by atoms with van der Waals surface area (Å²) in [4.78, 5) is 37.0. The standard InChI is InChI=1S/C27H32N2O5/c1-16(2)13-14-23(25(30)29-24(17(3)4)26(31)32)28-27(33)34-15-22-20-11-7-5-9-18(20)19-10-6-8-12-21(19)22/h5-13,17,22-24H,14-15H2,1-4H3,(H,28,33)(H,29,30)(H,31,32)/t23?,24-/m0/s1. The van der Waals surface area contributed by atoms with Crippen molar-refractivity contribution < 1.29 is 24.2 Å². The summed E-state index contributed by atoms with van der Waals surface area (Å²) >= 11 is 0. The summed E-state index contributed by atoms with van der Waals surface area (Å²) in [6.07, 6.45) is 1.32. The van der Waals surface area contributed by atoms with Gasteiger partial charge in [-0.3, -0.25) is 4.79 Å². The highest BCUT2D eigenvalue weighted by molar-refractivity contribution is 5.89. The number of carbonyl (C=O) groups is 3. The van der Waals surface area contributed by atoms with Crippen LogP contribution in [0.4, 0.5) is 4.79 Å². The number of carboxylic acid groups (broad SMARTS) is 1. The molecule has 0 aliphatic heterocycles. The lowest BCUT2D eigenvalue weighted by Gasteiger charge is -2.23. The second kappa shape index (κ2) is 11.0. The van der Waals surface area contributed by atoms with Crippen molar-refractivity contribution in [2.24, 2.45) is 5.92 Å². The predicted molar refractivity (Wildman–Crippen MR) is 130 cm³/mol. The smallest absolute Gasteiger partial charge is 0.407 e. The van der Waals surface area contributed by atoms with Crippen LogP contribution < -0.4 is 10.6 Å². The average molecular weight is 465 g/mol. The predicted octanol–water partition coefficient (Wildman–Crippen LogP) is 4.48. The summed E-state index contributed by atoms with van der Waals surface area (Å²) in [6, 6.07) is 14.1. The number of nitrogens with one attached hydrogen (secondary N) is 2. The number of aliphatic carboxylic acids is 1. The number of hydrogen-bond donors (Lipinski definition) is 3. The fraction of sp³-hybridized carbons (Fsp3) is 0.370. The van der Waals surface area contributed by atoms with Crippen molar-refractivity contribution in [1.29, 1.82) is 0 Å². The lowest BCUT2D eigenvalue weighted by molar-refractivity contribution is -0.143. The first-order valence-corrected chi connectivity index (χ1v) is 11.5. The van der Waals surface area contributed by atoms with Crippen LogP contribution >= 0.6 is 0 Å². The molecule has 0 bridgehead atoms. The molecule has 2 amide bonds. The summed E-state index contributed by atoms with van der Waals surface area (Å²) in [7, 11) is 0. The van der Waals surface area contributed by atoms with E-state index in [0.717, 1.165) is 27.8 Å². The van der Waals surface area contributed by atoms with Gasteiger partial charge in [-0.05, 0) is 48.4 Å². The van der Waals surface area contributed by atoms with Crippen molar-refractivity contribution in [3.05, 3.63) is 71.3 Å². The van der Waals surface area contributed by atoms with Gasteiger partial charge in [0.2, 0.25) is 5.91 Å². The van der Waals surface area contributed by atoms with Crippen LogP contribution in [0, 0.1) is 5.92 Å². The Morgan fingerprint density at radius 1 is 0.971 bits per heavy atom. The highest BCUT2D eigenvalue weighted by Gasteiger charge is 2.31. The van der Waals surface area contributed by atoms with Gasteiger partial charge in [0.25, 0.3) is 0 Å². The van der Waals surface area contributed by atoms with Gasteiger partial charge in [-0.15, -0.1) is 0 Å². The third kappa shape index (κ3) is 5.84. The number of benzene rings is 2. The number of fused-ring (bicyclic) bond motifs is 3. The first-order valence-electron chi connectivity index (χ1n) is 11.5. The van der Waals surface area contributed by atoms with Gasteiger partial charge in [0, 0.05) is 5.92 Å². The van der Waals surface area contributed by atoms with Crippen LogP contribution in [0.25, 0.3) is 11.1 Å². The maximum Gasteiger partial charge on any atom is 0.407 e. The zero-order chi connectivity index (χ0) is 24.8. The Morgan fingerprint density at radius 2 is 1.53 bits per heavy atom. The molecule has 7 heteroatoms. The van der Waals surface area contributed by atoms with Gasteiger partial charge in [0.05, 0.1) is 0 Å². The number of ether oxygens (including phenoxy) is 1. The van der Waals surface area contributed by atoms with Gasteiger partial charge in [0.1, 0.15) is 18.7 Å². The lowest BCUT2D eigenvalue weighted by atomic mass is 9.98. The van der Waals surface area contributed by atoms with Crippen molar-refractivity contribution in [1.82, 2.24) is 10.6 Å². The Kier molecular flexibility index (Phi) is 8.10. The van der Waals surface area contributed by atoms with E-state index < -0.39 is 30.1 Å². The minimum atomic E-state index is -1.12. The van der Waals surface area contributed by atoms with E-state index in [1.807, 2.05) is 56.3 Å². The number of rotatable bonds is 9. The van der Waals surface area contributed by atoms with E-state index >= 15 is 0 Å². The molecule has 0 radical (unpaired) electrons. The van der Waals surface area contributed by atoms with Crippen LogP contribution in [0.3, 0.4) is 0 Å². The Bertz CT molecular complexity index is 1040. The lowest BCUT2D eigenvalue weighted by Crippen LogP contribution is -2.53. The maximum atomic E-state index is 12.8. The van der Waals surface area contributed by atoms with Crippen molar-refractivity contribution in [3.63, 3.8) is 0 Å². The fourth-order valence-corrected chi connectivity index (χ4v) is 4.13. The number of allylic oxidation sites excluding steroid dienone is 1. The van der Waals surface area contributed by atoms with E-state index in [2.05, 4.69) is 22.8 Å². The van der Waals surface area contributed by atoms with Crippen LogP contribution in [-0.2, 0) is 14.3 Å². The molecule has 0 saturated carbocycles. The highest BCUT2D eigenvalue weighted by Crippen LogP contribution is 2.44. The largest absolute Gasteiger partial charge is 0.480 e. The summed E-state index contributed by atoms with van der Waals surface area (Å²) in [5.41, 5.74) is 5.42. The number of hydrogen-bond acceptors (Lipinski definition) is 4. The molecular weight excluding hydrogens is 432 g/mol.